The molecule has 1 fully saturated rings. The largest absolute Gasteiger partial charge is 0.495 e. The maximum atomic E-state index is 12.9. The third kappa shape index (κ3) is 3.22. The van der Waals surface area contributed by atoms with Crippen LogP contribution in [0, 0.1) is 11.7 Å². The van der Waals surface area contributed by atoms with Gasteiger partial charge in [0.05, 0.1) is 18.7 Å². The lowest BCUT2D eigenvalue weighted by Gasteiger charge is -2.19. The van der Waals surface area contributed by atoms with E-state index in [0.29, 0.717) is 17.1 Å². The molecule has 0 bridgehead atoms. The van der Waals surface area contributed by atoms with Crippen molar-refractivity contribution in [2.24, 2.45) is 5.92 Å². The number of nitrogens with zero attached hydrogens (tertiary/aromatic N) is 1. The lowest BCUT2D eigenvalue weighted by molar-refractivity contribution is -0.122. The molecule has 0 aromatic heterocycles. The SMILES string of the molecule is COc1ccccc1N1C[C@H](C(=O)Nc2ccc(F)cc2)CC1=O. The Labute approximate surface area is 139 Å². The van der Waals surface area contributed by atoms with Gasteiger partial charge in [0.15, 0.2) is 0 Å². The molecule has 24 heavy (non-hydrogen) atoms. The molecule has 124 valence electrons. The highest BCUT2D eigenvalue weighted by molar-refractivity contribution is 6.04. The number of hydrogen-bond donors (Lipinski definition) is 1. The van der Waals surface area contributed by atoms with Gasteiger partial charge in [-0.05, 0) is 36.4 Å². The Morgan fingerprint density at radius 1 is 1.21 bits per heavy atom. The molecule has 1 atom stereocenters. The van der Waals surface area contributed by atoms with Crippen LogP contribution in [0.5, 0.6) is 5.75 Å². The number of rotatable bonds is 4. The van der Waals surface area contributed by atoms with Crippen LogP contribution in [-0.2, 0) is 9.59 Å². The van der Waals surface area contributed by atoms with Crippen molar-refractivity contribution >= 4 is 23.2 Å². The Balaban J connectivity index is 1.72. The van der Waals surface area contributed by atoms with Crippen LogP contribution in [0.25, 0.3) is 0 Å². The van der Waals surface area contributed by atoms with Crippen LogP contribution >= 0.6 is 0 Å². The minimum absolute atomic E-state index is 0.126. The topological polar surface area (TPSA) is 58.6 Å². The van der Waals surface area contributed by atoms with Gasteiger partial charge in [0, 0.05) is 18.7 Å². The van der Waals surface area contributed by atoms with Gasteiger partial charge < -0.3 is 15.0 Å². The number of nitrogens with one attached hydrogen (secondary N) is 1. The fourth-order valence-corrected chi connectivity index (χ4v) is 2.75. The van der Waals surface area contributed by atoms with E-state index < -0.39 is 5.92 Å². The molecule has 6 heteroatoms. The van der Waals surface area contributed by atoms with E-state index >= 15 is 0 Å². The van der Waals surface area contributed by atoms with E-state index in [-0.39, 0.29) is 30.6 Å². The molecule has 0 unspecified atom stereocenters. The van der Waals surface area contributed by atoms with Gasteiger partial charge in [-0.2, -0.15) is 0 Å². The first-order valence-corrected chi connectivity index (χ1v) is 7.58. The van der Waals surface area contributed by atoms with Gasteiger partial charge in [-0.3, -0.25) is 9.59 Å². The minimum atomic E-state index is -0.465. The van der Waals surface area contributed by atoms with Crippen molar-refractivity contribution in [2.45, 2.75) is 6.42 Å². The summed E-state index contributed by atoms with van der Waals surface area (Å²) in [7, 11) is 1.54. The molecule has 2 amide bonds. The molecule has 0 aliphatic carbocycles. The van der Waals surface area contributed by atoms with E-state index in [2.05, 4.69) is 5.32 Å². The van der Waals surface area contributed by atoms with Gasteiger partial charge in [0.2, 0.25) is 11.8 Å². The third-order valence-corrected chi connectivity index (χ3v) is 3.98. The summed E-state index contributed by atoms with van der Waals surface area (Å²) in [6.45, 7) is 0.284. The lowest BCUT2D eigenvalue weighted by atomic mass is 10.1. The molecule has 0 saturated carbocycles. The van der Waals surface area contributed by atoms with Crippen molar-refractivity contribution in [1.29, 1.82) is 0 Å². The molecule has 5 nitrogen and oxygen atoms in total. The number of benzene rings is 2. The molecule has 1 saturated heterocycles. The predicted molar refractivity (Wildman–Crippen MR) is 88.5 cm³/mol. The summed E-state index contributed by atoms with van der Waals surface area (Å²) in [6, 6.07) is 12.7. The fraction of sp³-hybridized carbons (Fsp3) is 0.222. The third-order valence-electron chi connectivity index (χ3n) is 3.98. The van der Waals surface area contributed by atoms with Gasteiger partial charge in [0.1, 0.15) is 11.6 Å². The highest BCUT2D eigenvalue weighted by Gasteiger charge is 2.36. The van der Waals surface area contributed by atoms with Crippen molar-refractivity contribution in [3.63, 3.8) is 0 Å². The van der Waals surface area contributed by atoms with Gasteiger partial charge in [-0.25, -0.2) is 4.39 Å². The molecule has 2 aromatic carbocycles. The van der Waals surface area contributed by atoms with Crippen LogP contribution in [0.15, 0.2) is 48.5 Å². The van der Waals surface area contributed by atoms with Crippen molar-refractivity contribution in [2.75, 3.05) is 23.9 Å². The second kappa shape index (κ2) is 6.70. The summed E-state index contributed by atoms with van der Waals surface area (Å²) in [5.41, 5.74) is 1.16. The fourth-order valence-electron chi connectivity index (χ4n) is 2.75. The zero-order valence-corrected chi connectivity index (χ0v) is 13.2. The molecule has 1 aliphatic rings. The van der Waals surface area contributed by atoms with Gasteiger partial charge in [0.25, 0.3) is 0 Å². The first kappa shape index (κ1) is 16.0. The highest BCUT2D eigenvalue weighted by Crippen LogP contribution is 2.33. The van der Waals surface area contributed by atoms with Crippen molar-refractivity contribution < 1.29 is 18.7 Å². The normalized spacial score (nSPS) is 17.0. The van der Waals surface area contributed by atoms with Crippen LogP contribution in [0.3, 0.4) is 0 Å². The summed E-state index contributed by atoms with van der Waals surface area (Å²) >= 11 is 0. The molecule has 2 aromatic rings. The van der Waals surface area contributed by atoms with Gasteiger partial charge >= 0.3 is 0 Å². The number of para-hydroxylation sites is 2. The van der Waals surface area contributed by atoms with Crippen molar-refractivity contribution in [3.05, 3.63) is 54.3 Å². The van der Waals surface area contributed by atoms with Crippen LogP contribution in [0.2, 0.25) is 0 Å². The van der Waals surface area contributed by atoms with Crippen LogP contribution in [-0.4, -0.2) is 25.5 Å². The average Bonchev–Trinajstić information content (AvgIpc) is 2.98. The molecule has 1 N–H and O–H groups in total. The maximum absolute atomic E-state index is 12.9. The van der Waals surface area contributed by atoms with Gasteiger partial charge in [-0.15, -0.1) is 0 Å². The minimum Gasteiger partial charge on any atom is -0.495 e. The summed E-state index contributed by atoms with van der Waals surface area (Å²) < 4.78 is 18.2. The number of hydrogen-bond acceptors (Lipinski definition) is 3. The molecule has 3 rings (SSSR count). The monoisotopic (exact) mass is 328 g/mol. The standard InChI is InChI=1S/C18H17FN2O3/c1-24-16-5-3-2-4-15(16)21-11-12(10-17(21)22)18(23)20-14-8-6-13(19)7-9-14/h2-9,12H,10-11H2,1H3,(H,20,23)/t12-/m1/s1. The van der Waals surface area contributed by atoms with Crippen molar-refractivity contribution in [3.8, 4) is 5.75 Å². The Bertz CT molecular complexity index is 761. The first-order valence-electron chi connectivity index (χ1n) is 7.58. The Hall–Kier alpha value is -2.89. The number of methoxy groups -OCH3 is 1. The predicted octanol–water partition coefficient (Wildman–Crippen LogP) is 2.83. The molecule has 1 aliphatic heterocycles. The Morgan fingerprint density at radius 2 is 1.92 bits per heavy atom. The maximum Gasteiger partial charge on any atom is 0.229 e. The number of amides is 2. The molecular weight excluding hydrogens is 311 g/mol. The number of anilines is 2. The highest BCUT2D eigenvalue weighted by atomic mass is 19.1. The van der Waals surface area contributed by atoms with Crippen LogP contribution in [0.1, 0.15) is 6.42 Å². The summed E-state index contributed by atoms with van der Waals surface area (Å²) in [4.78, 5) is 26.2. The number of carbonyl (C=O) groups excluding carboxylic acids is 2. The Morgan fingerprint density at radius 3 is 2.62 bits per heavy atom. The number of ether oxygens (including phenoxy) is 1. The molecule has 0 spiro atoms. The molecule has 0 radical (unpaired) electrons. The van der Waals surface area contributed by atoms with Crippen LogP contribution < -0.4 is 15.0 Å². The summed E-state index contributed by atoms with van der Waals surface area (Å²) in [5, 5.41) is 2.72. The van der Waals surface area contributed by atoms with E-state index in [4.69, 9.17) is 4.74 Å². The van der Waals surface area contributed by atoms with E-state index in [1.54, 1.807) is 17.0 Å². The quantitative estimate of drug-likeness (QED) is 0.939. The molecule has 1 heterocycles. The number of halogens is 1. The zero-order valence-electron chi connectivity index (χ0n) is 13.2. The second-order valence-corrected chi connectivity index (χ2v) is 5.57. The lowest BCUT2D eigenvalue weighted by Crippen LogP contribution is -2.28. The van der Waals surface area contributed by atoms with E-state index in [1.165, 1.54) is 31.4 Å². The molecular formula is C18H17FN2O3. The van der Waals surface area contributed by atoms with Crippen molar-refractivity contribution in [1.82, 2.24) is 0 Å². The van der Waals surface area contributed by atoms with Crippen LogP contribution in [0.4, 0.5) is 15.8 Å². The van der Waals surface area contributed by atoms with Gasteiger partial charge in [-0.1, -0.05) is 12.1 Å². The van der Waals surface area contributed by atoms with E-state index in [1.807, 2.05) is 12.1 Å². The summed E-state index contributed by atoms with van der Waals surface area (Å²) in [5.74, 6) is -0.629. The first-order chi connectivity index (χ1) is 11.6. The zero-order chi connectivity index (χ0) is 17.1. The summed E-state index contributed by atoms with van der Waals surface area (Å²) in [6.07, 6.45) is 0.130. The number of carbonyl (C=O) groups is 2. The smallest absolute Gasteiger partial charge is 0.229 e. The average molecular weight is 328 g/mol. The van der Waals surface area contributed by atoms with E-state index in [0.717, 1.165) is 0 Å². The Kier molecular flexibility index (Phi) is 4.46. The van der Waals surface area contributed by atoms with E-state index in [9.17, 15) is 14.0 Å². The second-order valence-electron chi connectivity index (χ2n) is 5.57.